The third-order valence-corrected chi connectivity index (χ3v) is 2.65. The van der Waals surface area contributed by atoms with Gasteiger partial charge in [0.2, 0.25) is 0 Å². The largest absolute Gasteiger partial charge is 0.311 e. The zero-order chi connectivity index (χ0) is 11.5. The number of aromatic nitrogens is 1. The molecule has 0 radical (unpaired) electrons. The van der Waals surface area contributed by atoms with Crippen molar-refractivity contribution in [2.45, 2.75) is 0 Å². The van der Waals surface area contributed by atoms with Crippen LogP contribution in [-0.4, -0.2) is 10.9 Å². The van der Waals surface area contributed by atoms with E-state index < -0.39 is 0 Å². The molecule has 2 aromatic rings. The van der Waals surface area contributed by atoms with Gasteiger partial charge in [-0.25, -0.2) is 9.38 Å². The summed E-state index contributed by atoms with van der Waals surface area (Å²) in [6.45, 7) is 0. The highest BCUT2D eigenvalue weighted by atomic mass is 32.1. The van der Waals surface area contributed by atoms with Crippen LogP contribution in [0, 0.1) is 5.82 Å². The Bertz CT molecular complexity index is 514. The Kier molecular flexibility index (Phi) is 2.82. The quantitative estimate of drug-likeness (QED) is 0.505. The van der Waals surface area contributed by atoms with Crippen LogP contribution in [-0.2, 0) is 0 Å². The second-order valence-electron chi connectivity index (χ2n) is 3.13. The third kappa shape index (κ3) is 2.34. The van der Waals surface area contributed by atoms with Crippen molar-refractivity contribution in [1.29, 1.82) is 0 Å². The number of nitrogens with zero attached hydrogens (tertiary/aromatic N) is 1. The number of halogens is 1. The molecule has 1 aromatic carbocycles. The zero-order valence-electron chi connectivity index (χ0n) is 8.27. The Balaban J connectivity index is 2.31. The highest BCUT2D eigenvalue weighted by Gasteiger charge is 2.07. The Labute approximate surface area is 95.5 Å². The number of benzene rings is 1. The van der Waals surface area contributed by atoms with Crippen LogP contribution >= 0.6 is 11.3 Å². The highest BCUT2D eigenvalue weighted by Crippen LogP contribution is 2.22. The van der Waals surface area contributed by atoms with Crippen LogP contribution in [0.2, 0.25) is 0 Å². The monoisotopic (exact) mass is 237 g/mol. The molecule has 0 aliphatic carbocycles. The molecule has 5 N–H and O–H groups in total. The minimum atomic E-state index is -0.267. The molecule has 82 valence electrons. The number of nitrogens with one attached hydrogen (secondary N) is 1. The van der Waals surface area contributed by atoms with Gasteiger partial charge in [0, 0.05) is 10.9 Å². The average molecular weight is 237 g/mol. The normalized spacial score (nSPS) is 10.1. The summed E-state index contributed by atoms with van der Waals surface area (Å²) in [5.41, 5.74) is 12.2. The number of hydrogen-bond donors (Lipinski definition) is 3. The first kappa shape index (κ1) is 10.6. The number of hydrogen-bond acceptors (Lipinski definition) is 2. The SMILES string of the molecule is NC(N)=[NH+]c1nc(-c2ccc(F)cc2)cs1. The van der Waals surface area contributed by atoms with Crippen LogP contribution in [0.1, 0.15) is 0 Å². The summed E-state index contributed by atoms with van der Waals surface area (Å²) in [5, 5.41) is 2.46. The van der Waals surface area contributed by atoms with Gasteiger partial charge < -0.3 is 11.5 Å². The van der Waals surface area contributed by atoms with E-state index in [0.29, 0.717) is 5.13 Å². The number of thiazole rings is 1. The molecule has 0 bridgehead atoms. The Morgan fingerprint density at radius 1 is 1.25 bits per heavy atom. The van der Waals surface area contributed by atoms with Gasteiger partial charge in [-0.1, -0.05) is 11.3 Å². The minimum absolute atomic E-state index is 0.0972. The molecule has 4 nitrogen and oxygen atoms in total. The lowest BCUT2D eigenvalue weighted by molar-refractivity contribution is -0.355. The number of nitrogens with two attached hydrogens (primary N) is 2. The van der Waals surface area contributed by atoms with Gasteiger partial charge in [0.1, 0.15) is 11.5 Å². The third-order valence-electron chi connectivity index (χ3n) is 1.90. The van der Waals surface area contributed by atoms with Gasteiger partial charge in [-0.15, -0.1) is 4.98 Å². The maximum Gasteiger partial charge on any atom is 0.303 e. The topological polar surface area (TPSA) is 78.9 Å². The van der Waals surface area contributed by atoms with Gasteiger partial charge in [0.05, 0.1) is 0 Å². The fourth-order valence-electron chi connectivity index (χ4n) is 1.21. The zero-order valence-corrected chi connectivity index (χ0v) is 9.09. The fourth-order valence-corrected chi connectivity index (χ4v) is 1.95. The molecule has 0 amide bonds. The molecule has 0 fully saturated rings. The van der Waals surface area contributed by atoms with E-state index in [4.69, 9.17) is 11.5 Å². The first-order valence-corrected chi connectivity index (χ1v) is 5.39. The molecule has 2 rings (SSSR count). The minimum Gasteiger partial charge on any atom is -0.311 e. The maximum atomic E-state index is 12.7. The van der Waals surface area contributed by atoms with Crippen LogP contribution in [0.25, 0.3) is 11.3 Å². The van der Waals surface area contributed by atoms with Crippen LogP contribution < -0.4 is 16.5 Å². The van der Waals surface area contributed by atoms with Crippen molar-refractivity contribution >= 4 is 22.4 Å². The molecule has 16 heavy (non-hydrogen) atoms. The summed E-state index contributed by atoms with van der Waals surface area (Å²) < 4.78 is 12.7. The average Bonchev–Trinajstić information content (AvgIpc) is 2.66. The molecule has 0 spiro atoms. The Morgan fingerprint density at radius 3 is 2.56 bits per heavy atom. The van der Waals surface area contributed by atoms with Crippen molar-refractivity contribution in [3.05, 3.63) is 35.5 Å². The standard InChI is InChI=1S/C10H9FN4S/c11-7-3-1-6(2-4-7)8-5-16-10(14-8)15-9(12)13/h1-5H,(H4,12,13,14,15)/p+1. The summed E-state index contributed by atoms with van der Waals surface area (Å²) in [6.07, 6.45) is 0. The van der Waals surface area contributed by atoms with Crippen molar-refractivity contribution < 1.29 is 9.38 Å². The van der Waals surface area contributed by atoms with E-state index >= 15 is 0 Å². The molecule has 1 aromatic heterocycles. The van der Waals surface area contributed by atoms with Gasteiger partial charge in [0.25, 0.3) is 5.13 Å². The molecule has 0 unspecified atom stereocenters. The fraction of sp³-hybridized carbons (Fsp3) is 0. The van der Waals surface area contributed by atoms with Crippen LogP contribution in [0.5, 0.6) is 0 Å². The lowest BCUT2D eigenvalue weighted by Gasteiger charge is -1.92. The first-order chi connectivity index (χ1) is 7.65. The van der Waals surface area contributed by atoms with E-state index in [-0.39, 0.29) is 11.8 Å². The number of guanidine groups is 1. The maximum absolute atomic E-state index is 12.7. The van der Waals surface area contributed by atoms with E-state index in [0.717, 1.165) is 11.3 Å². The van der Waals surface area contributed by atoms with E-state index in [1.54, 1.807) is 12.1 Å². The summed E-state index contributed by atoms with van der Waals surface area (Å²) in [6, 6.07) is 6.13. The van der Waals surface area contributed by atoms with Gasteiger partial charge in [-0.3, -0.25) is 0 Å². The summed E-state index contributed by atoms with van der Waals surface area (Å²) in [4.78, 5) is 6.97. The summed E-state index contributed by atoms with van der Waals surface area (Å²) >= 11 is 1.38. The van der Waals surface area contributed by atoms with Gasteiger partial charge >= 0.3 is 5.96 Å². The smallest absolute Gasteiger partial charge is 0.303 e. The lowest BCUT2D eigenvalue weighted by atomic mass is 10.2. The molecule has 6 heteroatoms. The molecule has 0 saturated carbocycles. The van der Waals surface area contributed by atoms with Crippen molar-refractivity contribution in [1.82, 2.24) is 4.98 Å². The van der Waals surface area contributed by atoms with Crippen LogP contribution in [0.4, 0.5) is 9.52 Å². The second kappa shape index (κ2) is 4.28. The number of rotatable bonds is 2. The molecule has 0 saturated heterocycles. The predicted molar refractivity (Wildman–Crippen MR) is 61.5 cm³/mol. The Hall–Kier alpha value is -1.95. The Morgan fingerprint density at radius 2 is 1.94 bits per heavy atom. The first-order valence-electron chi connectivity index (χ1n) is 4.51. The van der Waals surface area contributed by atoms with Crippen molar-refractivity contribution in [3.63, 3.8) is 0 Å². The van der Waals surface area contributed by atoms with E-state index in [9.17, 15) is 4.39 Å². The molecule has 0 aliphatic rings. The van der Waals surface area contributed by atoms with E-state index in [1.165, 1.54) is 23.5 Å². The highest BCUT2D eigenvalue weighted by molar-refractivity contribution is 7.13. The van der Waals surface area contributed by atoms with Crippen molar-refractivity contribution in [2.75, 3.05) is 0 Å². The molecule has 0 atom stereocenters. The van der Waals surface area contributed by atoms with Crippen LogP contribution in [0.15, 0.2) is 29.6 Å². The summed E-state index contributed by atoms with van der Waals surface area (Å²) in [7, 11) is 0. The van der Waals surface area contributed by atoms with Gasteiger partial charge in [0.15, 0.2) is 0 Å². The molecule has 0 aliphatic heterocycles. The van der Waals surface area contributed by atoms with Crippen LogP contribution in [0.3, 0.4) is 0 Å². The second-order valence-corrected chi connectivity index (χ2v) is 3.98. The molecular weight excluding hydrogens is 227 g/mol. The molecule has 1 heterocycles. The van der Waals surface area contributed by atoms with Crippen molar-refractivity contribution in [2.24, 2.45) is 11.5 Å². The van der Waals surface area contributed by atoms with Gasteiger partial charge in [-0.05, 0) is 24.3 Å². The predicted octanol–water partition coefficient (Wildman–Crippen LogP) is -0.0653. The lowest BCUT2D eigenvalue weighted by Crippen LogP contribution is -2.72. The van der Waals surface area contributed by atoms with Gasteiger partial charge in [-0.2, -0.15) is 0 Å². The van der Waals surface area contributed by atoms with E-state index in [1.807, 2.05) is 5.38 Å². The van der Waals surface area contributed by atoms with Crippen molar-refractivity contribution in [3.8, 4) is 11.3 Å². The molecular formula is C10H10FN4S+. The summed E-state index contributed by atoms with van der Waals surface area (Å²) in [5.74, 6) is -0.170. The van der Waals surface area contributed by atoms with E-state index in [2.05, 4.69) is 9.98 Å².